The van der Waals surface area contributed by atoms with E-state index in [-0.39, 0.29) is 11.0 Å². The lowest BCUT2D eigenvalue weighted by Crippen LogP contribution is -2.10. The van der Waals surface area contributed by atoms with Crippen LogP contribution in [0.3, 0.4) is 0 Å². The lowest BCUT2D eigenvalue weighted by atomic mass is 10.1. The molecule has 0 fully saturated rings. The van der Waals surface area contributed by atoms with Crippen molar-refractivity contribution < 1.29 is 9.59 Å². The van der Waals surface area contributed by atoms with Crippen LogP contribution in [0.1, 0.15) is 65.2 Å². The normalized spacial score (nSPS) is 9.00. The molecule has 6 rings (SSSR count). The highest BCUT2D eigenvalue weighted by atomic mass is 32.1. The van der Waals surface area contributed by atoms with Gasteiger partial charge in [-0.2, -0.15) is 5.26 Å². The number of nitrogens with two attached hydrogens (primary N) is 1. The van der Waals surface area contributed by atoms with Crippen LogP contribution >= 0.6 is 12.2 Å². The van der Waals surface area contributed by atoms with Crippen LogP contribution in [0.4, 0.5) is 0 Å². The largest absolute Gasteiger partial charge is 0.737 e. The second kappa shape index (κ2) is 26.2. The van der Waals surface area contributed by atoms with Crippen molar-refractivity contribution in [2.45, 2.75) is 41.5 Å². The lowest BCUT2D eigenvalue weighted by molar-refractivity contribution is 0.0999. The van der Waals surface area contributed by atoms with Gasteiger partial charge in [-0.15, -0.1) is 4.20 Å². The quantitative estimate of drug-likeness (QED) is 0.141. The van der Waals surface area contributed by atoms with E-state index in [2.05, 4.69) is 28.7 Å². The molecular formula is C44H44N4O2S3-2. The van der Waals surface area contributed by atoms with E-state index in [0.717, 1.165) is 22.3 Å². The molecule has 0 bridgehead atoms. The van der Waals surface area contributed by atoms with Gasteiger partial charge in [-0.3, -0.25) is 14.8 Å². The Morgan fingerprint density at radius 2 is 0.943 bits per heavy atom. The molecule has 0 aliphatic heterocycles. The second-order valence-electron chi connectivity index (χ2n) is 11.6. The maximum Gasteiger partial charge on any atom is 0.248 e. The highest BCUT2D eigenvalue weighted by Gasteiger charge is 1.96. The zero-order valence-electron chi connectivity index (χ0n) is 30.8. The number of thiocarbonyl (C=S) groups is 1. The molecule has 272 valence electrons. The molecule has 0 aliphatic rings. The molecule has 2 heterocycles. The topological polar surface area (TPSA) is 110 Å². The number of benzene rings is 4. The van der Waals surface area contributed by atoms with Crippen LogP contribution < -0.4 is 5.73 Å². The highest BCUT2D eigenvalue weighted by molar-refractivity contribution is 8.01. The minimum Gasteiger partial charge on any atom is -0.737 e. The molecule has 0 atom stereocenters. The molecule has 4 aromatic carbocycles. The molecule has 6 nitrogen and oxygen atoms in total. The number of pyridine rings is 2. The van der Waals surface area contributed by atoms with Crippen LogP contribution in [0.5, 0.6) is 0 Å². The van der Waals surface area contributed by atoms with Crippen LogP contribution in [0.2, 0.25) is 0 Å². The van der Waals surface area contributed by atoms with E-state index in [0.29, 0.717) is 15.3 Å². The van der Waals surface area contributed by atoms with E-state index < -0.39 is 0 Å². The number of hydrogen-bond donors (Lipinski definition) is 1. The van der Waals surface area contributed by atoms with E-state index in [4.69, 9.17) is 35.8 Å². The van der Waals surface area contributed by atoms with Crippen LogP contribution in [0, 0.1) is 52.9 Å². The van der Waals surface area contributed by atoms with Gasteiger partial charge in [0.1, 0.15) is 0 Å². The van der Waals surface area contributed by atoms with Gasteiger partial charge in [0.15, 0.2) is 0 Å². The number of nitriles is 1. The molecule has 6 aromatic rings. The van der Waals surface area contributed by atoms with Gasteiger partial charge >= 0.3 is 0 Å². The monoisotopic (exact) mass is 756 g/mol. The molecule has 0 radical (unpaired) electrons. The van der Waals surface area contributed by atoms with Crippen molar-refractivity contribution in [1.82, 2.24) is 9.97 Å². The van der Waals surface area contributed by atoms with E-state index >= 15 is 0 Å². The molecule has 53 heavy (non-hydrogen) atoms. The van der Waals surface area contributed by atoms with Crippen LogP contribution in [-0.2, 0) is 25.3 Å². The minimum absolute atomic E-state index is 0.292. The fraction of sp³-hybridized carbons (Fsp3) is 0.136. The summed E-state index contributed by atoms with van der Waals surface area (Å²) < 4.78 is 0.542. The third-order valence-corrected chi connectivity index (χ3v) is 7.45. The maximum absolute atomic E-state index is 10.6. The van der Waals surface area contributed by atoms with Gasteiger partial charge in [-0.25, -0.2) is 0 Å². The van der Waals surface area contributed by atoms with Crippen molar-refractivity contribution in [2.24, 2.45) is 5.73 Å². The fourth-order valence-corrected chi connectivity index (χ4v) is 4.01. The number of primary amides is 1. The molecule has 2 N–H and O–H groups in total. The third kappa shape index (κ3) is 22.0. The minimum atomic E-state index is -0.375. The van der Waals surface area contributed by atoms with Gasteiger partial charge in [-0.05, 0) is 106 Å². The number of hydrogen-bond acceptors (Lipinski definition) is 8. The summed E-state index contributed by atoms with van der Waals surface area (Å²) in [6, 6.07) is 39.7. The zero-order valence-corrected chi connectivity index (χ0v) is 33.3. The number of rotatable bonds is 3. The van der Waals surface area contributed by atoms with Crippen molar-refractivity contribution in [3.63, 3.8) is 0 Å². The van der Waals surface area contributed by atoms with Crippen molar-refractivity contribution >= 4 is 52.7 Å². The molecule has 2 aromatic heterocycles. The summed E-state index contributed by atoms with van der Waals surface area (Å²) >= 11 is 14.1. The van der Waals surface area contributed by atoms with Gasteiger partial charge < -0.3 is 48.0 Å². The third-order valence-electron chi connectivity index (χ3n) is 6.75. The van der Waals surface area contributed by atoms with E-state index in [1.807, 2.05) is 145 Å². The molecule has 1 amide bonds. The summed E-state index contributed by atoms with van der Waals surface area (Å²) in [5.74, 6) is -0.375. The zero-order chi connectivity index (χ0) is 39.6. The van der Waals surface area contributed by atoms with Crippen molar-refractivity contribution in [3.8, 4) is 6.07 Å². The molecule has 0 spiro atoms. The average molecular weight is 757 g/mol. The van der Waals surface area contributed by atoms with Crippen LogP contribution in [0.25, 0.3) is 0 Å². The lowest BCUT2D eigenvalue weighted by Gasteiger charge is -2.03. The first-order valence-electron chi connectivity index (χ1n) is 16.3. The first kappa shape index (κ1) is 45.4. The van der Waals surface area contributed by atoms with Crippen molar-refractivity contribution in [2.75, 3.05) is 0 Å². The molecule has 0 unspecified atom stereocenters. The van der Waals surface area contributed by atoms with E-state index in [1.54, 1.807) is 42.9 Å². The summed E-state index contributed by atoms with van der Waals surface area (Å²) in [5, 5.41) is 8.09. The Kier molecular flexibility index (Phi) is 22.4. The Labute approximate surface area is 331 Å². The average Bonchev–Trinajstić information content (AvgIpc) is 3.14. The predicted molar refractivity (Wildman–Crippen MR) is 227 cm³/mol. The van der Waals surface area contributed by atoms with Gasteiger partial charge in [0.2, 0.25) is 5.91 Å². The predicted octanol–water partition coefficient (Wildman–Crippen LogP) is 9.64. The van der Waals surface area contributed by atoms with Gasteiger partial charge in [0.25, 0.3) is 0 Å². The molecule has 9 heteroatoms. The summed E-state index contributed by atoms with van der Waals surface area (Å²) in [5.41, 5.74) is 15.0. The van der Waals surface area contributed by atoms with Crippen LogP contribution in [0.15, 0.2) is 146 Å². The van der Waals surface area contributed by atoms with Crippen molar-refractivity contribution in [1.29, 1.82) is 5.26 Å². The smallest absolute Gasteiger partial charge is 0.248 e. The Balaban J connectivity index is 0.000000320. The Hall–Kier alpha value is -5.66. The first-order chi connectivity index (χ1) is 25.2. The Morgan fingerprint density at radius 1 is 0.547 bits per heavy atom. The summed E-state index contributed by atoms with van der Waals surface area (Å²) in [4.78, 5) is 28.8. The first-order valence-corrected chi connectivity index (χ1v) is 17.6. The van der Waals surface area contributed by atoms with E-state index in [1.165, 1.54) is 22.3 Å². The van der Waals surface area contributed by atoms with Gasteiger partial charge in [0.05, 0.1) is 11.6 Å². The summed E-state index contributed by atoms with van der Waals surface area (Å²) in [6.07, 6.45) is 7.18. The van der Waals surface area contributed by atoms with Crippen molar-refractivity contribution in [3.05, 3.63) is 202 Å². The van der Waals surface area contributed by atoms with Crippen LogP contribution in [-0.4, -0.2) is 25.2 Å². The SMILES string of the molecule is Cc1ccc(C#N)cc1.Cc1ccc(C(=O)[S-])cc1.Cc1ccc(C(=S)[S-])cc1.Cc1ccc(C(N)=O)cc1.Cc1cccnc1.Cc1ccncc1. The molecular weight excluding hydrogens is 713 g/mol. The number of aromatic nitrogens is 2. The van der Waals surface area contributed by atoms with Gasteiger partial charge in [-0.1, -0.05) is 101 Å². The van der Waals surface area contributed by atoms with E-state index in [9.17, 15) is 9.59 Å². The number of carbonyl (C=O) groups is 2. The van der Waals surface area contributed by atoms with Gasteiger partial charge in [0, 0.05) is 35.5 Å². The summed E-state index contributed by atoms with van der Waals surface area (Å²) in [6.45, 7) is 12.0. The highest BCUT2D eigenvalue weighted by Crippen LogP contribution is 2.04. The number of aryl methyl sites for hydroxylation is 6. The number of nitrogens with zero attached hydrogens (tertiary/aromatic N) is 3. The summed E-state index contributed by atoms with van der Waals surface area (Å²) in [7, 11) is 0. The molecule has 0 saturated carbocycles. The molecule has 0 aliphatic carbocycles. The fourth-order valence-electron chi connectivity index (χ4n) is 3.60. The second-order valence-corrected chi connectivity index (χ2v) is 13.0. The standard InChI is InChI=1S/C8H9NO.C8H7N.C8H8OS.C8H8S2.2C6H7N/c1-6-2-4-7(5-3-6)8(9)10;1-7-2-4-8(6-9)5-3-7;2*1-6-2-4-7(5-3-6)8(9)10;1-6-2-4-7-5-3-6;1-6-3-2-4-7-5-6/h2-5H,1H3,(H2,9,10);2-5H,1H3;2*2-5H,1H3,(H,9,10);2*2-5H,1H3/p-2. The number of amides is 1. The Bertz CT molecular complexity index is 1810. The number of carbonyl (C=O) groups excluding carboxylic acids is 2. The Morgan fingerprint density at radius 3 is 1.23 bits per heavy atom. The molecule has 0 saturated heterocycles. The maximum atomic E-state index is 10.6.